The first kappa shape index (κ1) is 11.3. The van der Waals surface area contributed by atoms with Crippen molar-refractivity contribution in [2.75, 3.05) is 5.33 Å². The highest BCUT2D eigenvalue weighted by Crippen LogP contribution is 2.58. The molecular formula is C14H19BrS. The summed E-state index contributed by atoms with van der Waals surface area (Å²) >= 11 is 5.72. The molecule has 0 amide bonds. The summed E-state index contributed by atoms with van der Waals surface area (Å²) in [7, 11) is 0. The minimum atomic E-state index is 0.646. The normalized spacial score (nSPS) is 37.1. The number of aryl methyl sites for hydroxylation is 1. The Morgan fingerprint density at radius 1 is 1.44 bits per heavy atom. The second kappa shape index (κ2) is 4.45. The predicted molar refractivity (Wildman–Crippen MR) is 74.3 cm³/mol. The van der Waals surface area contributed by atoms with Gasteiger partial charge in [0.2, 0.25) is 0 Å². The number of hydrogen-bond donors (Lipinski definition) is 0. The van der Waals surface area contributed by atoms with Gasteiger partial charge < -0.3 is 0 Å². The number of halogens is 1. The molecule has 0 nitrogen and oxygen atoms in total. The van der Waals surface area contributed by atoms with Crippen molar-refractivity contribution in [1.82, 2.24) is 0 Å². The lowest BCUT2D eigenvalue weighted by Gasteiger charge is -2.36. The maximum absolute atomic E-state index is 3.80. The minimum Gasteiger partial charge on any atom is -0.149 e. The summed E-state index contributed by atoms with van der Waals surface area (Å²) in [5, 5.41) is 3.43. The molecule has 1 aromatic heterocycles. The van der Waals surface area contributed by atoms with Gasteiger partial charge in [0.25, 0.3) is 0 Å². The first-order valence-electron chi connectivity index (χ1n) is 6.41. The molecule has 2 saturated carbocycles. The molecule has 2 bridgehead atoms. The van der Waals surface area contributed by atoms with E-state index < -0.39 is 0 Å². The Balaban J connectivity index is 1.67. The van der Waals surface area contributed by atoms with Gasteiger partial charge in [-0.25, -0.2) is 0 Å². The summed E-state index contributed by atoms with van der Waals surface area (Å²) < 4.78 is 0. The molecular weight excluding hydrogens is 280 g/mol. The summed E-state index contributed by atoms with van der Waals surface area (Å²) in [6.45, 7) is 0. The minimum absolute atomic E-state index is 0.646. The Hall–Kier alpha value is 0.180. The maximum Gasteiger partial charge on any atom is 0.00908 e. The first-order chi connectivity index (χ1) is 7.82. The highest BCUT2D eigenvalue weighted by atomic mass is 79.9. The molecule has 1 aromatic rings. The maximum atomic E-state index is 3.80. The lowest BCUT2D eigenvalue weighted by Crippen LogP contribution is -2.30. The van der Waals surface area contributed by atoms with E-state index in [9.17, 15) is 0 Å². The van der Waals surface area contributed by atoms with Crippen molar-refractivity contribution in [3.8, 4) is 0 Å². The van der Waals surface area contributed by atoms with Gasteiger partial charge in [0.05, 0.1) is 0 Å². The third-order valence-corrected chi connectivity index (χ3v) is 6.87. The zero-order chi connectivity index (χ0) is 11.0. The second-order valence-corrected chi connectivity index (χ2v) is 7.25. The van der Waals surface area contributed by atoms with Crippen molar-refractivity contribution in [2.24, 2.45) is 17.3 Å². The third kappa shape index (κ3) is 1.88. The van der Waals surface area contributed by atoms with Gasteiger partial charge in [0.1, 0.15) is 0 Å². The molecule has 2 aliphatic carbocycles. The first-order valence-corrected chi connectivity index (χ1v) is 8.41. The van der Waals surface area contributed by atoms with Gasteiger partial charge in [-0.1, -0.05) is 28.4 Å². The number of fused-ring (bicyclic) bond motifs is 2. The van der Waals surface area contributed by atoms with Crippen LogP contribution in [-0.4, -0.2) is 5.33 Å². The molecule has 0 aromatic carbocycles. The van der Waals surface area contributed by atoms with E-state index in [2.05, 4.69) is 33.4 Å². The van der Waals surface area contributed by atoms with Crippen molar-refractivity contribution in [3.63, 3.8) is 0 Å². The molecule has 1 heterocycles. The van der Waals surface area contributed by atoms with E-state index in [4.69, 9.17) is 0 Å². The Bertz CT molecular complexity index is 346. The molecule has 0 aliphatic heterocycles. The Labute approximate surface area is 111 Å². The average Bonchev–Trinajstić information content (AvgIpc) is 3.02. The fourth-order valence-electron chi connectivity index (χ4n) is 3.92. The smallest absolute Gasteiger partial charge is 0.00908 e. The van der Waals surface area contributed by atoms with Gasteiger partial charge in [0.15, 0.2) is 0 Å². The largest absolute Gasteiger partial charge is 0.149 e. The van der Waals surface area contributed by atoms with Crippen LogP contribution in [0.1, 0.15) is 37.0 Å². The lowest BCUT2D eigenvalue weighted by molar-refractivity contribution is 0.182. The van der Waals surface area contributed by atoms with Crippen LogP contribution in [0.4, 0.5) is 0 Å². The number of alkyl halides is 1. The molecule has 3 atom stereocenters. The second-order valence-electron chi connectivity index (χ2n) is 5.66. The summed E-state index contributed by atoms with van der Waals surface area (Å²) in [5.74, 6) is 2.09. The number of hydrogen-bond acceptors (Lipinski definition) is 1. The van der Waals surface area contributed by atoms with Crippen LogP contribution in [0.2, 0.25) is 0 Å². The van der Waals surface area contributed by atoms with Crippen molar-refractivity contribution < 1.29 is 0 Å². The van der Waals surface area contributed by atoms with Gasteiger partial charge in [-0.3, -0.25) is 0 Å². The zero-order valence-corrected chi connectivity index (χ0v) is 12.0. The van der Waals surface area contributed by atoms with Crippen LogP contribution in [0.3, 0.4) is 0 Å². The molecule has 0 saturated heterocycles. The number of thiophene rings is 1. The summed E-state index contributed by atoms with van der Waals surface area (Å²) in [6.07, 6.45) is 8.73. The molecule has 3 rings (SSSR count). The van der Waals surface area contributed by atoms with Gasteiger partial charge in [-0.15, -0.1) is 11.3 Å². The zero-order valence-electron chi connectivity index (χ0n) is 9.62. The van der Waals surface area contributed by atoms with E-state index in [1.54, 1.807) is 4.88 Å². The van der Waals surface area contributed by atoms with Crippen molar-refractivity contribution in [3.05, 3.63) is 22.4 Å². The van der Waals surface area contributed by atoms with Crippen LogP contribution >= 0.6 is 27.3 Å². The van der Waals surface area contributed by atoms with E-state index in [1.165, 1.54) is 43.9 Å². The van der Waals surface area contributed by atoms with Crippen LogP contribution in [0, 0.1) is 17.3 Å². The molecule has 0 N–H and O–H groups in total. The van der Waals surface area contributed by atoms with E-state index in [0.29, 0.717) is 5.41 Å². The van der Waals surface area contributed by atoms with Crippen LogP contribution in [0.5, 0.6) is 0 Å². The van der Waals surface area contributed by atoms with Crippen molar-refractivity contribution >= 4 is 27.3 Å². The van der Waals surface area contributed by atoms with Crippen molar-refractivity contribution in [2.45, 2.75) is 38.5 Å². The Kier molecular flexibility index (Phi) is 3.14. The predicted octanol–water partition coefficient (Wildman–Crippen LogP) is 4.88. The van der Waals surface area contributed by atoms with Crippen LogP contribution in [0.15, 0.2) is 17.5 Å². The molecule has 2 heteroatoms. The average molecular weight is 299 g/mol. The molecule has 2 aliphatic rings. The summed E-state index contributed by atoms with van der Waals surface area (Å²) in [5.41, 5.74) is 0.646. The fraction of sp³-hybridized carbons (Fsp3) is 0.714. The van der Waals surface area contributed by atoms with E-state index in [-0.39, 0.29) is 0 Å². The molecule has 2 fully saturated rings. The standard InChI is InChI=1S/C14H19BrS/c15-10-14(6-5-13-2-1-7-16-13)9-11-3-4-12(14)8-11/h1-2,7,11-12H,3-6,8-10H2. The Morgan fingerprint density at radius 2 is 2.38 bits per heavy atom. The van der Waals surface area contributed by atoms with Gasteiger partial charge in [-0.05, 0) is 60.8 Å². The van der Waals surface area contributed by atoms with Crippen LogP contribution < -0.4 is 0 Å². The van der Waals surface area contributed by atoms with E-state index >= 15 is 0 Å². The summed E-state index contributed by atoms with van der Waals surface area (Å²) in [6, 6.07) is 4.47. The Morgan fingerprint density at radius 3 is 2.94 bits per heavy atom. The molecule has 0 spiro atoms. The van der Waals surface area contributed by atoms with Gasteiger partial charge >= 0.3 is 0 Å². The number of rotatable bonds is 4. The summed E-state index contributed by atoms with van der Waals surface area (Å²) in [4.78, 5) is 1.57. The monoisotopic (exact) mass is 298 g/mol. The lowest BCUT2D eigenvalue weighted by atomic mass is 9.71. The van der Waals surface area contributed by atoms with Gasteiger partial charge in [0, 0.05) is 10.2 Å². The van der Waals surface area contributed by atoms with Crippen LogP contribution in [-0.2, 0) is 6.42 Å². The van der Waals surface area contributed by atoms with Crippen LogP contribution in [0.25, 0.3) is 0 Å². The molecule has 0 radical (unpaired) electrons. The molecule has 88 valence electrons. The highest BCUT2D eigenvalue weighted by Gasteiger charge is 2.49. The van der Waals surface area contributed by atoms with E-state index in [0.717, 1.165) is 11.8 Å². The molecule has 3 unspecified atom stereocenters. The topological polar surface area (TPSA) is 0 Å². The molecule has 16 heavy (non-hydrogen) atoms. The highest BCUT2D eigenvalue weighted by molar-refractivity contribution is 9.09. The SMILES string of the molecule is BrCC1(CCc2cccs2)CC2CCC1C2. The van der Waals surface area contributed by atoms with Crippen molar-refractivity contribution in [1.29, 1.82) is 0 Å². The third-order valence-electron chi connectivity index (χ3n) is 4.82. The quantitative estimate of drug-likeness (QED) is 0.695. The van der Waals surface area contributed by atoms with E-state index in [1.807, 2.05) is 11.3 Å². The fourth-order valence-corrected chi connectivity index (χ4v) is 5.60. The van der Waals surface area contributed by atoms with Gasteiger partial charge in [-0.2, -0.15) is 0 Å².